The molecule has 1 saturated heterocycles. The highest BCUT2D eigenvalue weighted by molar-refractivity contribution is 5.51. The Balaban J connectivity index is 1.89. The maximum atomic E-state index is 10.9. The minimum absolute atomic E-state index is 0.376. The zero-order valence-electron chi connectivity index (χ0n) is 15.2. The van der Waals surface area contributed by atoms with E-state index in [2.05, 4.69) is 34.8 Å². The fraction of sp³-hybridized carbons (Fsp3) is 0.667. The molecule has 0 aromatic carbocycles. The predicted octanol–water partition coefficient (Wildman–Crippen LogP) is 2.14. The maximum absolute atomic E-state index is 10.9. The Kier molecular flexibility index (Phi) is 4.78. The van der Waals surface area contributed by atoms with E-state index < -0.39 is 5.60 Å². The summed E-state index contributed by atoms with van der Waals surface area (Å²) in [6.45, 7) is 6.81. The van der Waals surface area contributed by atoms with Crippen molar-refractivity contribution in [2.24, 2.45) is 0 Å². The van der Waals surface area contributed by atoms with Gasteiger partial charge in [-0.25, -0.2) is 4.98 Å². The minimum Gasteiger partial charge on any atom is -0.388 e. The topological polar surface area (TPSA) is 56.9 Å². The molecule has 0 spiro atoms. The second-order valence-corrected chi connectivity index (χ2v) is 7.60. The van der Waals surface area contributed by atoms with Crippen molar-refractivity contribution in [3.8, 4) is 0 Å². The molecule has 2 aromatic heterocycles. The molecule has 6 heteroatoms. The molecule has 1 fully saturated rings. The lowest BCUT2D eigenvalue weighted by Gasteiger charge is -2.30. The fourth-order valence-electron chi connectivity index (χ4n) is 3.59. The van der Waals surface area contributed by atoms with Crippen molar-refractivity contribution in [1.82, 2.24) is 19.5 Å². The first-order valence-corrected chi connectivity index (χ1v) is 8.85. The van der Waals surface area contributed by atoms with E-state index in [0.29, 0.717) is 12.5 Å². The average molecular weight is 331 g/mol. The summed E-state index contributed by atoms with van der Waals surface area (Å²) in [5, 5.41) is 15.4. The summed E-state index contributed by atoms with van der Waals surface area (Å²) < 4.78 is 1.92. The fourth-order valence-corrected chi connectivity index (χ4v) is 3.59. The number of fused-ring (bicyclic) bond motifs is 1. The van der Waals surface area contributed by atoms with Gasteiger partial charge in [0.15, 0.2) is 5.65 Å². The predicted molar refractivity (Wildman–Crippen MR) is 96.6 cm³/mol. The summed E-state index contributed by atoms with van der Waals surface area (Å²) in [5.41, 5.74) is 1.38. The van der Waals surface area contributed by atoms with E-state index in [9.17, 15) is 5.11 Å². The number of aromatic nitrogens is 3. The van der Waals surface area contributed by atoms with Crippen LogP contribution in [0.15, 0.2) is 18.3 Å². The van der Waals surface area contributed by atoms with Gasteiger partial charge in [0.1, 0.15) is 5.82 Å². The van der Waals surface area contributed by atoms with Crippen LogP contribution in [-0.2, 0) is 0 Å². The molecule has 1 aliphatic rings. The van der Waals surface area contributed by atoms with Gasteiger partial charge in [0.2, 0.25) is 0 Å². The molecule has 6 nitrogen and oxygen atoms in total. The van der Waals surface area contributed by atoms with E-state index in [1.54, 1.807) is 6.20 Å². The van der Waals surface area contributed by atoms with Crippen LogP contribution in [-0.4, -0.2) is 63.9 Å². The number of anilines is 1. The highest BCUT2D eigenvalue weighted by Crippen LogP contribution is 2.28. The first-order chi connectivity index (χ1) is 11.4. The lowest BCUT2D eigenvalue weighted by atomic mass is 9.94. The zero-order chi connectivity index (χ0) is 17.3. The van der Waals surface area contributed by atoms with Crippen LogP contribution in [0.4, 0.5) is 5.82 Å². The standard InChI is InChI=1S/C18H29N5O/c1-14(2)15-12-17(23-16(20-15)6-9-19-23)22-10-5-7-18(24,8-11-22)13-21(3)4/h6,9,12,14,24H,5,7-8,10-11,13H2,1-4H3. The quantitative estimate of drug-likeness (QED) is 0.930. The Morgan fingerprint density at radius 3 is 2.79 bits per heavy atom. The van der Waals surface area contributed by atoms with Crippen LogP contribution < -0.4 is 4.90 Å². The first-order valence-electron chi connectivity index (χ1n) is 8.85. The van der Waals surface area contributed by atoms with Gasteiger partial charge in [0.05, 0.1) is 11.8 Å². The molecule has 1 unspecified atom stereocenters. The summed E-state index contributed by atoms with van der Waals surface area (Å²) in [6, 6.07) is 4.11. The Morgan fingerprint density at radius 2 is 2.08 bits per heavy atom. The van der Waals surface area contributed by atoms with E-state index in [-0.39, 0.29) is 0 Å². The van der Waals surface area contributed by atoms with Crippen molar-refractivity contribution in [3.63, 3.8) is 0 Å². The van der Waals surface area contributed by atoms with E-state index in [4.69, 9.17) is 4.98 Å². The van der Waals surface area contributed by atoms with Gasteiger partial charge < -0.3 is 14.9 Å². The third-order valence-electron chi connectivity index (χ3n) is 4.80. The van der Waals surface area contributed by atoms with Crippen molar-refractivity contribution in [3.05, 3.63) is 24.0 Å². The van der Waals surface area contributed by atoms with E-state index in [1.165, 1.54) is 0 Å². The van der Waals surface area contributed by atoms with Crippen LogP contribution in [0.25, 0.3) is 5.65 Å². The molecule has 24 heavy (non-hydrogen) atoms. The lowest BCUT2D eigenvalue weighted by molar-refractivity contribution is 0.00537. The van der Waals surface area contributed by atoms with E-state index in [0.717, 1.165) is 49.5 Å². The summed E-state index contributed by atoms with van der Waals surface area (Å²) in [4.78, 5) is 9.12. The van der Waals surface area contributed by atoms with Gasteiger partial charge in [-0.3, -0.25) is 0 Å². The highest BCUT2D eigenvalue weighted by atomic mass is 16.3. The Bertz CT molecular complexity index is 696. The van der Waals surface area contributed by atoms with Gasteiger partial charge in [-0.15, -0.1) is 0 Å². The number of nitrogens with zero attached hydrogens (tertiary/aromatic N) is 5. The normalized spacial score (nSPS) is 22.5. The number of aliphatic hydroxyl groups is 1. The molecule has 2 aromatic rings. The summed E-state index contributed by atoms with van der Waals surface area (Å²) in [6.07, 6.45) is 4.39. The smallest absolute Gasteiger partial charge is 0.157 e. The number of likely N-dealkylation sites (N-methyl/N-ethyl adjacent to an activating group) is 1. The van der Waals surface area contributed by atoms with Crippen LogP contribution in [0.2, 0.25) is 0 Å². The van der Waals surface area contributed by atoms with Crippen LogP contribution in [0.5, 0.6) is 0 Å². The molecular formula is C18H29N5O. The Morgan fingerprint density at radius 1 is 1.29 bits per heavy atom. The molecule has 1 N–H and O–H groups in total. The van der Waals surface area contributed by atoms with Gasteiger partial charge in [0.25, 0.3) is 0 Å². The molecule has 0 radical (unpaired) electrons. The molecular weight excluding hydrogens is 302 g/mol. The van der Waals surface area contributed by atoms with Crippen molar-refractivity contribution in [1.29, 1.82) is 0 Å². The number of rotatable bonds is 4. The first kappa shape index (κ1) is 17.2. The molecule has 0 bridgehead atoms. The monoisotopic (exact) mass is 331 g/mol. The van der Waals surface area contributed by atoms with Gasteiger partial charge in [-0.05, 0) is 39.3 Å². The summed E-state index contributed by atoms with van der Waals surface area (Å²) in [5.74, 6) is 1.46. The molecule has 1 aliphatic heterocycles. The second-order valence-electron chi connectivity index (χ2n) is 7.60. The lowest BCUT2D eigenvalue weighted by Crippen LogP contribution is -2.41. The van der Waals surface area contributed by atoms with Crippen LogP contribution in [0, 0.1) is 0 Å². The number of hydrogen-bond acceptors (Lipinski definition) is 5. The van der Waals surface area contributed by atoms with Gasteiger partial charge in [-0.1, -0.05) is 13.8 Å². The summed E-state index contributed by atoms with van der Waals surface area (Å²) in [7, 11) is 4.04. The second kappa shape index (κ2) is 6.69. The molecule has 3 rings (SSSR count). The van der Waals surface area contributed by atoms with Crippen molar-refractivity contribution in [2.45, 2.75) is 44.6 Å². The average Bonchev–Trinajstić information content (AvgIpc) is 2.89. The van der Waals surface area contributed by atoms with Crippen molar-refractivity contribution >= 4 is 11.5 Å². The third-order valence-corrected chi connectivity index (χ3v) is 4.80. The molecule has 132 valence electrons. The van der Waals surface area contributed by atoms with Gasteiger partial charge >= 0.3 is 0 Å². The molecule has 0 aliphatic carbocycles. The third kappa shape index (κ3) is 3.54. The Labute approximate surface area is 144 Å². The zero-order valence-corrected chi connectivity index (χ0v) is 15.2. The van der Waals surface area contributed by atoms with Gasteiger partial charge in [0, 0.05) is 37.5 Å². The molecule has 0 saturated carbocycles. The SMILES string of the molecule is CC(C)c1cc(N2CCCC(O)(CN(C)C)CC2)n2nccc2n1. The van der Waals surface area contributed by atoms with E-state index >= 15 is 0 Å². The van der Waals surface area contributed by atoms with Gasteiger partial charge in [-0.2, -0.15) is 9.61 Å². The van der Waals surface area contributed by atoms with Crippen LogP contribution in [0.3, 0.4) is 0 Å². The van der Waals surface area contributed by atoms with Crippen LogP contribution in [0.1, 0.15) is 44.7 Å². The maximum Gasteiger partial charge on any atom is 0.157 e. The summed E-state index contributed by atoms with van der Waals surface area (Å²) >= 11 is 0. The molecule has 0 amide bonds. The largest absolute Gasteiger partial charge is 0.388 e. The van der Waals surface area contributed by atoms with Crippen molar-refractivity contribution < 1.29 is 5.11 Å². The van der Waals surface area contributed by atoms with Crippen molar-refractivity contribution in [2.75, 3.05) is 38.6 Å². The molecule has 1 atom stereocenters. The minimum atomic E-state index is -0.602. The highest BCUT2D eigenvalue weighted by Gasteiger charge is 2.31. The number of hydrogen-bond donors (Lipinski definition) is 1. The van der Waals surface area contributed by atoms with E-state index in [1.807, 2.05) is 24.7 Å². The van der Waals surface area contributed by atoms with Crippen LogP contribution >= 0.6 is 0 Å². The molecule has 3 heterocycles. The Hall–Kier alpha value is -1.66.